The van der Waals surface area contributed by atoms with Crippen molar-refractivity contribution < 1.29 is 9.29 Å². The second-order valence-corrected chi connectivity index (χ2v) is 9.04. The van der Waals surface area contributed by atoms with Crippen LogP contribution in [-0.2, 0) is 18.2 Å². The number of rotatable bonds is 4. The second-order valence-electron chi connectivity index (χ2n) is 7.23. The highest BCUT2D eigenvalue weighted by Crippen LogP contribution is 2.30. The summed E-state index contributed by atoms with van der Waals surface area (Å²) < 4.78 is 21.8. The van der Waals surface area contributed by atoms with E-state index in [9.17, 15) is 9.35 Å². The molecule has 0 fully saturated rings. The number of methoxy groups -OCH3 is 1. The zero-order chi connectivity index (χ0) is 22.4. The highest BCUT2D eigenvalue weighted by Gasteiger charge is 2.27. The van der Waals surface area contributed by atoms with E-state index >= 15 is 0 Å². The minimum absolute atomic E-state index is 0.253. The molecule has 32 heavy (non-hydrogen) atoms. The van der Waals surface area contributed by atoms with Gasteiger partial charge < -0.3 is 9.29 Å². The van der Waals surface area contributed by atoms with Crippen LogP contribution >= 0.6 is 11.6 Å². The summed E-state index contributed by atoms with van der Waals surface area (Å²) in [5.74, 6) is 0.671. The molecule has 5 rings (SSSR count). The Balaban J connectivity index is 1.81. The van der Waals surface area contributed by atoms with Crippen LogP contribution < -0.4 is 10.3 Å². The first-order chi connectivity index (χ1) is 15.5. The molecule has 160 valence electrons. The van der Waals surface area contributed by atoms with E-state index in [1.54, 1.807) is 59.7 Å². The molecule has 2 heterocycles. The molecule has 0 spiro atoms. The van der Waals surface area contributed by atoms with E-state index in [1.165, 1.54) is 0 Å². The molecule has 0 radical (unpaired) electrons. The predicted octanol–water partition coefficient (Wildman–Crippen LogP) is 4.71. The van der Waals surface area contributed by atoms with Crippen molar-refractivity contribution in [2.75, 3.05) is 7.11 Å². The van der Waals surface area contributed by atoms with Gasteiger partial charge in [0.25, 0.3) is 5.56 Å². The molecular formula is C24H18ClN3O3S. The summed E-state index contributed by atoms with van der Waals surface area (Å²) in [6.07, 6.45) is 0. The Morgan fingerprint density at radius 2 is 1.75 bits per heavy atom. The Morgan fingerprint density at radius 3 is 2.44 bits per heavy atom. The average molecular weight is 464 g/mol. The van der Waals surface area contributed by atoms with Crippen LogP contribution in [0, 0.1) is 0 Å². The van der Waals surface area contributed by atoms with Gasteiger partial charge in [-0.1, -0.05) is 29.8 Å². The number of fused-ring (bicyclic) bond motifs is 3. The Hall–Kier alpha value is -3.26. The number of hydrogen-bond donors (Lipinski definition) is 0. The zero-order valence-corrected chi connectivity index (χ0v) is 18.9. The van der Waals surface area contributed by atoms with Crippen LogP contribution in [0.4, 0.5) is 0 Å². The molecule has 0 aliphatic rings. The van der Waals surface area contributed by atoms with Crippen molar-refractivity contribution in [1.82, 2.24) is 14.1 Å². The number of nitrogens with zero attached hydrogens (tertiary/aromatic N) is 3. The van der Waals surface area contributed by atoms with E-state index in [0.717, 1.165) is 5.39 Å². The van der Waals surface area contributed by atoms with Crippen LogP contribution in [0.25, 0.3) is 27.6 Å². The van der Waals surface area contributed by atoms with Crippen molar-refractivity contribution in [3.8, 4) is 11.4 Å². The molecule has 0 aliphatic heterocycles. The number of pyridine rings is 1. The molecule has 6 nitrogen and oxygen atoms in total. The highest BCUT2D eigenvalue weighted by atomic mass is 35.5. The summed E-state index contributed by atoms with van der Waals surface area (Å²) in [7, 11) is 3.35. The number of ether oxygens (including phenoxy) is 1. The third-order valence-corrected chi connectivity index (χ3v) is 7.00. The first kappa shape index (κ1) is 20.6. The third kappa shape index (κ3) is 3.26. The number of benzene rings is 3. The minimum Gasteiger partial charge on any atom is -0.604 e. The lowest BCUT2D eigenvalue weighted by atomic mass is 10.1. The molecular weight excluding hydrogens is 446 g/mol. The monoisotopic (exact) mass is 463 g/mol. The lowest BCUT2D eigenvalue weighted by molar-refractivity contribution is 0.414. The van der Waals surface area contributed by atoms with Gasteiger partial charge in [0.05, 0.1) is 29.3 Å². The standard InChI is InChI=1S/C24H18ClN3O3S/c1-27-22-19-13-8-15(25)14-20(19)28(16-6-4-3-5-7-16)23(29)21(22)26-24(27)32(30)18-11-9-17(31-2)10-12-18/h3-14H,1-2H3. The summed E-state index contributed by atoms with van der Waals surface area (Å²) in [5, 5.41) is 1.61. The summed E-state index contributed by atoms with van der Waals surface area (Å²) in [6.45, 7) is 0. The Morgan fingerprint density at radius 1 is 1.03 bits per heavy atom. The fraction of sp³-hybridized carbons (Fsp3) is 0.0833. The average Bonchev–Trinajstić information content (AvgIpc) is 3.17. The maximum Gasteiger partial charge on any atom is 0.330 e. The fourth-order valence-electron chi connectivity index (χ4n) is 3.84. The van der Waals surface area contributed by atoms with E-state index in [1.807, 2.05) is 36.4 Å². The van der Waals surface area contributed by atoms with Gasteiger partial charge >= 0.3 is 5.16 Å². The topological polar surface area (TPSA) is 72.1 Å². The summed E-state index contributed by atoms with van der Waals surface area (Å²) in [6, 6.07) is 21.7. The zero-order valence-electron chi connectivity index (χ0n) is 17.3. The Bertz CT molecular complexity index is 1510. The molecule has 8 heteroatoms. The van der Waals surface area contributed by atoms with E-state index in [0.29, 0.717) is 37.5 Å². The summed E-state index contributed by atoms with van der Waals surface area (Å²) in [5.41, 5.74) is 1.93. The molecule has 3 aromatic carbocycles. The number of aromatic nitrogens is 3. The second kappa shape index (κ2) is 8.02. The molecule has 0 amide bonds. The molecule has 5 aromatic rings. The lowest BCUT2D eigenvalue weighted by Gasteiger charge is -2.12. The highest BCUT2D eigenvalue weighted by molar-refractivity contribution is 7.91. The van der Waals surface area contributed by atoms with Gasteiger partial charge in [-0.3, -0.25) is 13.9 Å². The predicted molar refractivity (Wildman–Crippen MR) is 126 cm³/mol. The summed E-state index contributed by atoms with van der Waals surface area (Å²) in [4.78, 5) is 18.7. The fourth-order valence-corrected chi connectivity index (χ4v) is 5.12. The van der Waals surface area contributed by atoms with E-state index < -0.39 is 11.2 Å². The van der Waals surface area contributed by atoms with Gasteiger partial charge in [0.2, 0.25) is 0 Å². The first-order valence-corrected chi connectivity index (χ1v) is 11.3. The van der Waals surface area contributed by atoms with Crippen LogP contribution in [0.15, 0.2) is 87.6 Å². The largest absolute Gasteiger partial charge is 0.604 e. The quantitative estimate of drug-likeness (QED) is 0.362. The maximum absolute atomic E-state index is 13.6. The normalized spacial score (nSPS) is 12.4. The molecule has 0 N–H and O–H groups in total. The number of aryl methyl sites for hydroxylation is 1. The van der Waals surface area contributed by atoms with Crippen molar-refractivity contribution >= 4 is 44.7 Å². The van der Waals surface area contributed by atoms with Crippen LogP contribution in [0.3, 0.4) is 0 Å². The van der Waals surface area contributed by atoms with Crippen molar-refractivity contribution in [2.24, 2.45) is 7.05 Å². The minimum atomic E-state index is -1.59. The van der Waals surface area contributed by atoms with Gasteiger partial charge in [0, 0.05) is 23.1 Å². The van der Waals surface area contributed by atoms with Crippen LogP contribution in [0.5, 0.6) is 5.75 Å². The van der Waals surface area contributed by atoms with Gasteiger partial charge in [-0.25, -0.2) is 0 Å². The Labute approximate surface area is 191 Å². The number of hydrogen-bond acceptors (Lipinski definition) is 4. The number of halogens is 1. The third-order valence-electron chi connectivity index (χ3n) is 5.37. The molecule has 0 saturated heterocycles. The smallest absolute Gasteiger partial charge is 0.330 e. The van der Waals surface area contributed by atoms with Crippen molar-refractivity contribution in [2.45, 2.75) is 10.1 Å². The SMILES string of the molecule is COc1ccc([S+]([O-])c2nc3c(=O)n(-c4ccccc4)c4cc(Cl)ccc4c3n2C)cc1. The van der Waals surface area contributed by atoms with Gasteiger partial charge in [-0.05, 0) is 54.6 Å². The van der Waals surface area contributed by atoms with Gasteiger partial charge in [0.1, 0.15) is 5.75 Å². The van der Waals surface area contributed by atoms with Crippen molar-refractivity contribution in [1.29, 1.82) is 0 Å². The number of imidazole rings is 1. The van der Waals surface area contributed by atoms with E-state index in [-0.39, 0.29) is 11.1 Å². The molecule has 0 bridgehead atoms. The molecule has 2 aromatic heterocycles. The van der Waals surface area contributed by atoms with E-state index in [4.69, 9.17) is 16.3 Å². The van der Waals surface area contributed by atoms with Crippen LogP contribution in [0.1, 0.15) is 0 Å². The van der Waals surface area contributed by atoms with Crippen LogP contribution in [0.2, 0.25) is 5.02 Å². The van der Waals surface area contributed by atoms with Gasteiger partial charge in [-0.2, -0.15) is 4.98 Å². The lowest BCUT2D eigenvalue weighted by Crippen LogP contribution is -2.19. The van der Waals surface area contributed by atoms with Gasteiger partial charge in [0.15, 0.2) is 10.4 Å². The van der Waals surface area contributed by atoms with E-state index in [2.05, 4.69) is 4.98 Å². The molecule has 0 aliphatic carbocycles. The molecule has 1 atom stereocenters. The van der Waals surface area contributed by atoms with Crippen LogP contribution in [-0.4, -0.2) is 25.8 Å². The Kier molecular flexibility index (Phi) is 5.17. The molecule has 1 unspecified atom stereocenters. The first-order valence-electron chi connectivity index (χ1n) is 9.81. The van der Waals surface area contributed by atoms with Gasteiger partial charge in [-0.15, -0.1) is 0 Å². The van der Waals surface area contributed by atoms with Crippen molar-refractivity contribution in [3.63, 3.8) is 0 Å². The van der Waals surface area contributed by atoms with Crippen molar-refractivity contribution in [3.05, 3.63) is 88.2 Å². The molecule has 0 saturated carbocycles. The maximum atomic E-state index is 13.6. The summed E-state index contributed by atoms with van der Waals surface area (Å²) >= 11 is 4.70. The number of para-hydroxylation sites is 1.